The van der Waals surface area contributed by atoms with Crippen molar-refractivity contribution in [2.75, 3.05) is 6.54 Å². The molecule has 3 amide bonds. The van der Waals surface area contributed by atoms with Crippen LogP contribution in [0, 0.1) is 10.8 Å². The molecule has 6 nitrogen and oxygen atoms in total. The summed E-state index contributed by atoms with van der Waals surface area (Å²) in [5, 5.41) is 13.8. The zero-order valence-electron chi connectivity index (χ0n) is 13.1. The lowest BCUT2D eigenvalue weighted by atomic mass is 9.85. The van der Waals surface area contributed by atoms with Gasteiger partial charge in [-0.2, -0.15) is 0 Å². The van der Waals surface area contributed by atoms with E-state index in [1.807, 2.05) is 0 Å². The Morgan fingerprint density at radius 1 is 1.19 bits per heavy atom. The molecule has 0 aromatic heterocycles. The van der Waals surface area contributed by atoms with E-state index in [0.29, 0.717) is 6.54 Å². The van der Waals surface area contributed by atoms with Crippen molar-refractivity contribution < 1.29 is 19.5 Å². The van der Waals surface area contributed by atoms with Gasteiger partial charge in [-0.05, 0) is 30.1 Å². The van der Waals surface area contributed by atoms with Crippen LogP contribution in [0.15, 0.2) is 0 Å². The molecule has 1 fully saturated rings. The maximum Gasteiger partial charge on any atom is 0.321 e. The number of amides is 3. The number of rotatable bonds is 8. The number of carboxylic acids is 1. The molecule has 0 aromatic carbocycles. The summed E-state index contributed by atoms with van der Waals surface area (Å²) in [4.78, 5) is 34.1. The first-order valence-corrected chi connectivity index (χ1v) is 7.48. The van der Waals surface area contributed by atoms with Crippen LogP contribution in [-0.4, -0.2) is 29.6 Å². The Kier molecular flexibility index (Phi) is 5.75. The molecule has 0 aromatic rings. The Morgan fingerprint density at radius 3 is 2.29 bits per heavy atom. The van der Waals surface area contributed by atoms with Crippen molar-refractivity contribution in [3.05, 3.63) is 0 Å². The Balaban J connectivity index is 2.31. The van der Waals surface area contributed by atoms with E-state index in [0.717, 1.165) is 25.7 Å². The van der Waals surface area contributed by atoms with Crippen molar-refractivity contribution in [3.8, 4) is 0 Å². The summed E-state index contributed by atoms with van der Waals surface area (Å²) in [6.45, 7) is 6.10. The first-order chi connectivity index (χ1) is 9.68. The highest BCUT2D eigenvalue weighted by molar-refractivity contribution is 5.94. The third kappa shape index (κ3) is 6.60. The minimum atomic E-state index is -0.951. The highest BCUT2D eigenvalue weighted by atomic mass is 16.4. The van der Waals surface area contributed by atoms with Gasteiger partial charge in [0.2, 0.25) is 5.91 Å². The van der Waals surface area contributed by atoms with Gasteiger partial charge in [0.1, 0.15) is 0 Å². The Labute approximate surface area is 125 Å². The number of nitrogens with one attached hydrogen (secondary N) is 2. The lowest BCUT2D eigenvalue weighted by molar-refractivity contribution is -0.139. The first kappa shape index (κ1) is 17.5. The second-order valence-corrected chi connectivity index (χ2v) is 6.89. The fourth-order valence-corrected chi connectivity index (χ4v) is 2.61. The molecule has 1 saturated carbocycles. The van der Waals surface area contributed by atoms with Gasteiger partial charge in [-0.25, -0.2) is 4.79 Å². The summed E-state index contributed by atoms with van der Waals surface area (Å²) in [5.41, 5.74) is -0.437. The number of carbonyl (C=O) groups excluding carboxylic acids is 2. The van der Waals surface area contributed by atoms with E-state index in [-0.39, 0.29) is 18.3 Å². The van der Waals surface area contributed by atoms with Crippen LogP contribution in [0.25, 0.3) is 0 Å². The molecule has 120 valence electrons. The van der Waals surface area contributed by atoms with E-state index in [4.69, 9.17) is 5.11 Å². The van der Waals surface area contributed by atoms with E-state index in [1.165, 1.54) is 0 Å². The van der Waals surface area contributed by atoms with Gasteiger partial charge in [0.15, 0.2) is 0 Å². The van der Waals surface area contributed by atoms with Gasteiger partial charge in [-0.15, -0.1) is 0 Å². The SMILES string of the molecule is CCCC1(CNC(=O)NC(=O)CC(C)(C)CC(=O)O)CC1. The van der Waals surface area contributed by atoms with Gasteiger partial charge in [-0.1, -0.05) is 27.2 Å². The van der Waals surface area contributed by atoms with Crippen LogP contribution in [-0.2, 0) is 9.59 Å². The second-order valence-electron chi connectivity index (χ2n) is 6.89. The summed E-state index contributed by atoms with van der Waals surface area (Å²) in [6.07, 6.45) is 4.33. The number of hydrogen-bond acceptors (Lipinski definition) is 3. The summed E-state index contributed by atoms with van der Waals surface area (Å²) in [6, 6.07) is -0.492. The lowest BCUT2D eigenvalue weighted by Gasteiger charge is -2.21. The molecule has 0 bridgehead atoms. The minimum Gasteiger partial charge on any atom is -0.481 e. The van der Waals surface area contributed by atoms with Gasteiger partial charge in [-0.3, -0.25) is 14.9 Å². The molecular weight excluding hydrogens is 272 g/mol. The highest BCUT2D eigenvalue weighted by Crippen LogP contribution is 2.48. The molecule has 21 heavy (non-hydrogen) atoms. The summed E-state index contributed by atoms with van der Waals surface area (Å²) in [7, 11) is 0. The van der Waals surface area contributed by atoms with E-state index < -0.39 is 23.3 Å². The Hall–Kier alpha value is -1.59. The lowest BCUT2D eigenvalue weighted by Crippen LogP contribution is -2.43. The predicted octanol–water partition coefficient (Wildman–Crippen LogP) is 2.28. The predicted molar refractivity (Wildman–Crippen MR) is 78.8 cm³/mol. The molecule has 6 heteroatoms. The van der Waals surface area contributed by atoms with E-state index in [2.05, 4.69) is 17.6 Å². The molecule has 0 saturated heterocycles. The van der Waals surface area contributed by atoms with Crippen LogP contribution >= 0.6 is 0 Å². The van der Waals surface area contributed by atoms with Crippen LogP contribution in [0.1, 0.15) is 59.3 Å². The van der Waals surface area contributed by atoms with E-state index >= 15 is 0 Å². The topological polar surface area (TPSA) is 95.5 Å². The van der Waals surface area contributed by atoms with Gasteiger partial charge in [0.05, 0.1) is 6.42 Å². The maximum atomic E-state index is 11.8. The molecule has 0 unspecified atom stereocenters. The smallest absolute Gasteiger partial charge is 0.321 e. The molecule has 0 heterocycles. The number of carbonyl (C=O) groups is 3. The highest BCUT2D eigenvalue weighted by Gasteiger charge is 2.41. The van der Waals surface area contributed by atoms with Gasteiger partial charge >= 0.3 is 12.0 Å². The number of aliphatic carboxylic acids is 1. The van der Waals surface area contributed by atoms with Crippen molar-refractivity contribution in [2.24, 2.45) is 10.8 Å². The molecular formula is C15H26N2O4. The largest absolute Gasteiger partial charge is 0.481 e. The summed E-state index contributed by atoms with van der Waals surface area (Å²) < 4.78 is 0. The number of hydrogen-bond donors (Lipinski definition) is 3. The molecule has 1 rings (SSSR count). The van der Waals surface area contributed by atoms with Crippen LogP contribution < -0.4 is 10.6 Å². The standard InChI is InChI=1S/C15H26N2O4/c1-4-5-15(6-7-15)10-16-13(21)17-11(18)8-14(2,3)9-12(19)20/h4-10H2,1-3H3,(H,19,20)(H2,16,17,18,21). The molecule has 1 aliphatic rings. The van der Waals surface area contributed by atoms with E-state index in [1.54, 1.807) is 13.8 Å². The van der Waals surface area contributed by atoms with Gasteiger partial charge < -0.3 is 10.4 Å². The molecule has 3 N–H and O–H groups in total. The van der Waals surface area contributed by atoms with Crippen LogP contribution in [0.2, 0.25) is 0 Å². The molecule has 0 aliphatic heterocycles. The third-order valence-corrected chi connectivity index (χ3v) is 3.88. The summed E-state index contributed by atoms with van der Waals surface area (Å²) in [5.74, 6) is -1.40. The fourth-order valence-electron chi connectivity index (χ4n) is 2.61. The van der Waals surface area contributed by atoms with Crippen molar-refractivity contribution in [1.82, 2.24) is 10.6 Å². The monoisotopic (exact) mass is 298 g/mol. The number of imide groups is 1. The minimum absolute atomic E-state index is 0.00677. The van der Waals surface area contributed by atoms with Gasteiger partial charge in [0.25, 0.3) is 0 Å². The molecule has 0 spiro atoms. The van der Waals surface area contributed by atoms with Crippen LogP contribution in [0.3, 0.4) is 0 Å². The molecule has 0 radical (unpaired) electrons. The Bertz CT molecular complexity index is 414. The van der Waals surface area contributed by atoms with Crippen molar-refractivity contribution in [3.63, 3.8) is 0 Å². The zero-order chi connectivity index (χ0) is 16.1. The number of urea groups is 1. The zero-order valence-corrected chi connectivity index (χ0v) is 13.1. The second kappa shape index (κ2) is 6.91. The number of carboxylic acid groups (broad SMARTS) is 1. The Morgan fingerprint density at radius 2 is 1.81 bits per heavy atom. The van der Waals surface area contributed by atoms with Crippen molar-refractivity contribution in [1.29, 1.82) is 0 Å². The average Bonchev–Trinajstić information content (AvgIpc) is 3.04. The normalized spacial score (nSPS) is 16.1. The third-order valence-electron chi connectivity index (χ3n) is 3.88. The molecule has 0 atom stereocenters. The van der Waals surface area contributed by atoms with Crippen molar-refractivity contribution in [2.45, 2.75) is 59.3 Å². The summed E-state index contributed by atoms with van der Waals surface area (Å²) >= 11 is 0. The molecule has 1 aliphatic carbocycles. The van der Waals surface area contributed by atoms with Crippen LogP contribution in [0.4, 0.5) is 4.79 Å². The van der Waals surface area contributed by atoms with Crippen molar-refractivity contribution >= 4 is 17.9 Å². The fraction of sp³-hybridized carbons (Fsp3) is 0.800. The van der Waals surface area contributed by atoms with Crippen LogP contribution in [0.5, 0.6) is 0 Å². The quantitative estimate of drug-likeness (QED) is 0.640. The maximum absolute atomic E-state index is 11.8. The first-order valence-electron chi connectivity index (χ1n) is 7.48. The van der Waals surface area contributed by atoms with E-state index in [9.17, 15) is 14.4 Å². The average molecular weight is 298 g/mol. The van der Waals surface area contributed by atoms with Gasteiger partial charge in [0, 0.05) is 13.0 Å².